The molecule has 2 heterocycles. The number of likely N-dealkylation sites (tertiary alicyclic amines) is 1. The molecular weight excluding hydrogens is 305 g/mol. The van der Waals surface area contributed by atoms with E-state index in [9.17, 15) is 9.18 Å². The summed E-state index contributed by atoms with van der Waals surface area (Å²) in [5, 5.41) is 0. The summed E-state index contributed by atoms with van der Waals surface area (Å²) in [6.07, 6.45) is 3.96. The summed E-state index contributed by atoms with van der Waals surface area (Å²) < 4.78 is 13.3. The number of carbonyl (C=O) groups is 1. The number of hydrogen-bond acceptors (Lipinski definition) is 3. The molecule has 1 fully saturated rings. The molecule has 0 N–H and O–H groups in total. The van der Waals surface area contributed by atoms with Gasteiger partial charge in [-0.15, -0.1) is 0 Å². The van der Waals surface area contributed by atoms with Gasteiger partial charge in [-0.1, -0.05) is 12.1 Å². The molecule has 24 heavy (non-hydrogen) atoms. The van der Waals surface area contributed by atoms with Crippen molar-refractivity contribution in [2.45, 2.75) is 25.3 Å². The number of amides is 1. The first-order valence-electron chi connectivity index (χ1n) is 8.22. The molecule has 1 unspecified atom stereocenters. The maximum Gasteiger partial charge on any atom is 0.227 e. The predicted octanol–water partition coefficient (Wildman–Crippen LogP) is 3.19. The summed E-state index contributed by atoms with van der Waals surface area (Å²) >= 11 is 0. The standard InChI is InChI=1S/C19H22FN3O/c1-22(2)18-13-15(8-9-21-18)17-7-4-10-23(17)19(24)12-14-5-3-6-16(20)11-14/h3,5-6,8-9,11,13,17H,4,7,10,12H2,1-2H3. The maximum atomic E-state index is 13.3. The van der Waals surface area contributed by atoms with Crippen LogP contribution < -0.4 is 4.90 Å². The largest absolute Gasteiger partial charge is 0.363 e. The van der Waals surface area contributed by atoms with Gasteiger partial charge in [0, 0.05) is 26.8 Å². The van der Waals surface area contributed by atoms with Crippen molar-refractivity contribution in [3.8, 4) is 0 Å². The zero-order valence-electron chi connectivity index (χ0n) is 14.1. The van der Waals surface area contributed by atoms with Gasteiger partial charge >= 0.3 is 0 Å². The fourth-order valence-corrected chi connectivity index (χ4v) is 3.22. The van der Waals surface area contributed by atoms with Gasteiger partial charge in [0.2, 0.25) is 5.91 Å². The summed E-state index contributed by atoms with van der Waals surface area (Å²) in [7, 11) is 3.90. The van der Waals surface area contributed by atoms with Crippen molar-refractivity contribution < 1.29 is 9.18 Å². The van der Waals surface area contributed by atoms with Crippen molar-refractivity contribution in [1.82, 2.24) is 9.88 Å². The number of carbonyl (C=O) groups excluding carboxylic acids is 1. The van der Waals surface area contributed by atoms with Gasteiger partial charge in [-0.2, -0.15) is 0 Å². The number of aromatic nitrogens is 1. The average molecular weight is 327 g/mol. The van der Waals surface area contributed by atoms with E-state index in [0.29, 0.717) is 5.56 Å². The van der Waals surface area contributed by atoms with Crippen LogP contribution >= 0.6 is 0 Å². The van der Waals surface area contributed by atoms with E-state index in [1.807, 2.05) is 36.0 Å². The lowest BCUT2D eigenvalue weighted by Gasteiger charge is -2.26. The van der Waals surface area contributed by atoms with Gasteiger partial charge in [-0.3, -0.25) is 4.79 Å². The maximum absolute atomic E-state index is 13.3. The van der Waals surface area contributed by atoms with Gasteiger partial charge in [0.15, 0.2) is 0 Å². The van der Waals surface area contributed by atoms with Crippen LogP contribution in [0.4, 0.5) is 10.2 Å². The second-order valence-corrected chi connectivity index (χ2v) is 6.39. The van der Waals surface area contributed by atoms with E-state index in [2.05, 4.69) is 4.98 Å². The molecule has 1 atom stereocenters. The summed E-state index contributed by atoms with van der Waals surface area (Å²) in [5.41, 5.74) is 1.83. The molecule has 1 aromatic carbocycles. The third kappa shape index (κ3) is 3.55. The van der Waals surface area contributed by atoms with E-state index in [0.717, 1.165) is 30.8 Å². The van der Waals surface area contributed by atoms with E-state index >= 15 is 0 Å². The number of benzene rings is 1. The quantitative estimate of drug-likeness (QED) is 0.865. The smallest absolute Gasteiger partial charge is 0.227 e. The lowest BCUT2D eigenvalue weighted by molar-refractivity contribution is -0.131. The second-order valence-electron chi connectivity index (χ2n) is 6.39. The van der Waals surface area contributed by atoms with Crippen LogP contribution in [-0.2, 0) is 11.2 Å². The van der Waals surface area contributed by atoms with Crippen LogP contribution in [0.15, 0.2) is 42.6 Å². The van der Waals surface area contributed by atoms with Crippen LogP contribution in [0.25, 0.3) is 0 Å². The molecule has 3 rings (SSSR count). The van der Waals surface area contributed by atoms with E-state index in [-0.39, 0.29) is 24.2 Å². The highest BCUT2D eigenvalue weighted by Crippen LogP contribution is 2.33. The minimum atomic E-state index is -0.303. The Bertz CT molecular complexity index is 732. The summed E-state index contributed by atoms with van der Waals surface area (Å²) in [6.45, 7) is 0.748. The Kier molecular flexibility index (Phi) is 4.79. The first kappa shape index (κ1) is 16.4. The second kappa shape index (κ2) is 6.99. The number of nitrogens with zero attached hydrogens (tertiary/aromatic N) is 3. The molecule has 0 saturated carbocycles. The minimum absolute atomic E-state index is 0.0475. The third-order valence-electron chi connectivity index (χ3n) is 4.43. The topological polar surface area (TPSA) is 36.4 Å². The van der Waals surface area contributed by atoms with E-state index < -0.39 is 0 Å². The highest BCUT2D eigenvalue weighted by atomic mass is 19.1. The molecule has 0 radical (unpaired) electrons. The van der Waals surface area contributed by atoms with Crippen molar-refractivity contribution in [2.24, 2.45) is 0 Å². The first-order valence-corrected chi connectivity index (χ1v) is 8.22. The molecule has 1 aliphatic rings. The van der Waals surface area contributed by atoms with Crippen LogP contribution in [0.3, 0.4) is 0 Å². The molecule has 0 bridgehead atoms. The minimum Gasteiger partial charge on any atom is -0.363 e. The normalized spacial score (nSPS) is 17.1. The van der Waals surface area contributed by atoms with Gasteiger partial charge in [-0.05, 0) is 48.2 Å². The van der Waals surface area contributed by atoms with Crippen LogP contribution in [0, 0.1) is 5.82 Å². The van der Waals surface area contributed by atoms with Crippen molar-refractivity contribution in [3.05, 3.63) is 59.5 Å². The van der Waals surface area contributed by atoms with Gasteiger partial charge in [0.25, 0.3) is 0 Å². The average Bonchev–Trinajstić information content (AvgIpc) is 3.04. The Balaban J connectivity index is 1.77. The van der Waals surface area contributed by atoms with Gasteiger partial charge < -0.3 is 9.80 Å². The molecule has 1 aliphatic heterocycles. The van der Waals surface area contributed by atoms with E-state index in [4.69, 9.17) is 0 Å². The molecule has 1 saturated heterocycles. The van der Waals surface area contributed by atoms with E-state index in [1.165, 1.54) is 12.1 Å². The number of pyridine rings is 1. The van der Waals surface area contributed by atoms with Gasteiger partial charge in [-0.25, -0.2) is 9.37 Å². The highest BCUT2D eigenvalue weighted by molar-refractivity contribution is 5.79. The van der Waals surface area contributed by atoms with Crippen molar-refractivity contribution >= 4 is 11.7 Å². The molecule has 0 spiro atoms. The molecule has 1 aromatic heterocycles. The zero-order valence-corrected chi connectivity index (χ0v) is 14.1. The molecule has 0 aliphatic carbocycles. The zero-order chi connectivity index (χ0) is 17.1. The highest BCUT2D eigenvalue weighted by Gasteiger charge is 2.30. The van der Waals surface area contributed by atoms with Crippen LogP contribution in [0.1, 0.15) is 30.0 Å². The SMILES string of the molecule is CN(C)c1cc(C2CCCN2C(=O)Cc2cccc(F)c2)ccn1. The predicted molar refractivity (Wildman–Crippen MR) is 92.4 cm³/mol. The molecule has 126 valence electrons. The molecule has 5 heteroatoms. The number of anilines is 1. The van der Waals surface area contributed by atoms with Crippen LogP contribution in [-0.4, -0.2) is 36.4 Å². The molecule has 4 nitrogen and oxygen atoms in total. The monoisotopic (exact) mass is 327 g/mol. The fourth-order valence-electron chi connectivity index (χ4n) is 3.22. The Morgan fingerprint density at radius 1 is 1.33 bits per heavy atom. The van der Waals surface area contributed by atoms with Crippen molar-refractivity contribution in [3.63, 3.8) is 0 Å². The summed E-state index contributed by atoms with van der Waals surface area (Å²) in [4.78, 5) is 20.9. The fraction of sp³-hybridized carbons (Fsp3) is 0.368. The molecule has 1 amide bonds. The lowest BCUT2D eigenvalue weighted by Crippen LogP contribution is -2.32. The van der Waals surface area contributed by atoms with Crippen LogP contribution in [0.5, 0.6) is 0 Å². The number of rotatable bonds is 4. The summed E-state index contributed by atoms with van der Waals surface area (Å²) in [6, 6.07) is 10.4. The van der Waals surface area contributed by atoms with Crippen LogP contribution in [0.2, 0.25) is 0 Å². The first-order chi connectivity index (χ1) is 11.5. The molecule has 2 aromatic rings. The Labute approximate surface area is 141 Å². The number of halogens is 1. The Hall–Kier alpha value is -2.43. The van der Waals surface area contributed by atoms with Crippen molar-refractivity contribution in [1.29, 1.82) is 0 Å². The summed E-state index contributed by atoms with van der Waals surface area (Å²) in [5.74, 6) is 0.631. The number of hydrogen-bond donors (Lipinski definition) is 0. The Morgan fingerprint density at radius 3 is 2.92 bits per heavy atom. The molecular formula is C19H22FN3O. The Morgan fingerprint density at radius 2 is 2.17 bits per heavy atom. The van der Waals surface area contributed by atoms with E-state index in [1.54, 1.807) is 18.3 Å². The van der Waals surface area contributed by atoms with Gasteiger partial charge in [0.1, 0.15) is 11.6 Å². The lowest BCUT2D eigenvalue weighted by atomic mass is 10.0. The third-order valence-corrected chi connectivity index (χ3v) is 4.43. The van der Waals surface area contributed by atoms with Crippen molar-refractivity contribution in [2.75, 3.05) is 25.5 Å². The van der Waals surface area contributed by atoms with Gasteiger partial charge in [0.05, 0.1) is 12.5 Å².